The van der Waals surface area contributed by atoms with Gasteiger partial charge >= 0.3 is 0 Å². The molecule has 2 rings (SSSR count). The van der Waals surface area contributed by atoms with E-state index in [0.717, 1.165) is 11.3 Å². The van der Waals surface area contributed by atoms with E-state index in [1.54, 1.807) is 12.0 Å². The number of amides is 2. The van der Waals surface area contributed by atoms with E-state index in [1.807, 2.05) is 24.3 Å². The Hall–Kier alpha value is -2.08. The monoisotopic (exact) mass is 292 g/mol. The Morgan fingerprint density at radius 3 is 2.62 bits per heavy atom. The molecule has 0 bridgehead atoms. The summed E-state index contributed by atoms with van der Waals surface area (Å²) < 4.78 is 5.11. The number of benzene rings is 1. The SMILES string of the molecule is COc1ccc(C(CCO)N2CC(C(N)=O)CC2=O)cc1. The molecule has 0 saturated carbocycles. The lowest BCUT2D eigenvalue weighted by Gasteiger charge is -2.28. The number of likely N-dealkylation sites (tertiary alicyclic amines) is 1. The summed E-state index contributed by atoms with van der Waals surface area (Å²) in [4.78, 5) is 25.0. The van der Waals surface area contributed by atoms with Gasteiger partial charge in [0.25, 0.3) is 0 Å². The number of hydrogen-bond donors (Lipinski definition) is 2. The number of aliphatic hydroxyl groups excluding tert-OH is 1. The van der Waals surface area contributed by atoms with Gasteiger partial charge in [0, 0.05) is 19.6 Å². The van der Waals surface area contributed by atoms with Crippen molar-refractivity contribution in [3.05, 3.63) is 29.8 Å². The molecular formula is C15H20N2O4. The number of methoxy groups -OCH3 is 1. The molecule has 2 atom stereocenters. The standard InChI is InChI=1S/C15H20N2O4/c1-21-12-4-2-10(3-5-12)13(6-7-18)17-9-11(15(16)20)8-14(17)19/h2-5,11,13,18H,6-9H2,1H3,(H2,16,20). The molecule has 1 aliphatic heterocycles. The molecule has 1 saturated heterocycles. The van der Waals surface area contributed by atoms with Crippen molar-refractivity contribution in [2.45, 2.75) is 18.9 Å². The van der Waals surface area contributed by atoms with Crippen LogP contribution in [0.3, 0.4) is 0 Å². The number of ether oxygens (including phenoxy) is 1. The van der Waals surface area contributed by atoms with E-state index in [2.05, 4.69) is 0 Å². The first-order valence-corrected chi connectivity index (χ1v) is 6.90. The van der Waals surface area contributed by atoms with Gasteiger partial charge in [-0.25, -0.2) is 0 Å². The highest BCUT2D eigenvalue weighted by molar-refractivity contribution is 5.88. The normalized spacial score (nSPS) is 19.6. The summed E-state index contributed by atoms with van der Waals surface area (Å²) in [5.74, 6) is -0.280. The second kappa shape index (κ2) is 6.58. The lowest BCUT2D eigenvalue weighted by molar-refractivity contribution is -0.130. The number of nitrogens with zero attached hydrogens (tertiary/aromatic N) is 1. The van der Waals surface area contributed by atoms with Crippen LogP contribution in [0.1, 0.15) is 24.4 Å². The predicted molar refractivity (Wildman–Crippen MR) is 76.5 cm³/mol. The van der Waals surface area contributed by atoms with Crippen LogP contribution in [-0.4, -0.2) is 42.1 Å². The summed E-state index contributed by atoms with van der Waals surface area (Å²) in [7, 11) is 1.58. The molecule has 1 aliphatic rings. The molecule has 2 unspecified atom stereocenters. The molecular weight excluding hydrogens is 272 g/mol. The van der Waals surface area contributed by atoms with Crippen LogP contribution in [0.25, 0.3) is 0 Å². The molecule has 6 nitrogen and oxygen atoms in total. The highest BCUT2D eigenvalue weighted by Gasteiger charge is 2.37. The zero-order chi connectivity index (χ0) is 15.4. The Kier molecular flexibility index (Phi) is 4.80. The Balaban J connectivity index is 2.21. The summed E-state index contributed by atoms with van der Waals surface area (Å²) in [6.45, 7) is 0.270. The maximum Gasteiger partial charge on any atom is 0.223 e. The van der Waals surface area contributed by atoms with E-state index >= 15 is 0 Å². The third-order valence-electron chi connectivity index (χ3n) is 3.84. The largest absolute Gasteiger partial charge is 0.497 e. The Bertz CT molecular complexity index is 515. The van der Waals surface area contributed by atoms with Gasteiger partial charge in [-0.1, -0.05) is 12.1 Å². The van der Waals surface area contributed by atoms with Gasteiger partial charge in [0.05, 0.1) is 19.1 Å². The van der Waals surface area contributed by atoms with Crippen LogP contribution in [0.5, 0.6) is 5.75 Å². The highest BCUT2D eigenvalue weighted by atomic mass is 16.5. The van der Waals surface area contributed by atoms with Gasteiger partial charge in [-0.2, -0.15) is 0 Å². The molecule has 0 aliphatic carbocycles. The fraction of sp³-hybridized carbons (Fsp3) is 0.467. The second-order valence-electron chi connectivity index (χ2n) is 5.15. The van der Waals surface area contributed by atoms with E-state index < -0.39 is 11.8 Å². The molecule has 0 spiro atoms. The molecule has 0 radical (unpaired) electrons. The van der Waals surface area contributed by atoms with Crippen molar-refractivity contribution in [2.75, 3.05) is 20.3 Å². The van der Waals surface area contributed by atoms with E-state index in [0.29, 0.717) is 13.0 Å². The van der Waals surface area contributed by atoms with Gasteiger partial charge in [0.2, 0.25) is 11.8 Å². The van der Waals surface area contributed by atoms with Crippen LogP contribution < -0.4 is 10.5 Å². The van der Waals surface area contributed by atoms with Crippen LogP contribution >= 0.6 is 0 Å². The third kappa shape index (κ3) is 3.33. The second-order valence-corrected chi connectivity index (χ2v) is 5.15. The highest BCUT2D eigenvalue weighted by Crippen LogP contribution is 2.31. The number of nitrogens with two attached hydrogens (primary N) is 1. The van der Waals surface area contributed by atoms with Gasteiger partial charge < -0.3 is 20.5 Å². The molecule has 0 aromatic heterocycles. The van der Waals surface area contributed by atoms with Crippen LogP contribution in [0.4, 0.5) is 0 Å². The first-order chi connectivity index (χ1) is 10.1. The molecule has 21 heavy (non-hydrogen) atoms. The minimum atomic E-state index is -0.455. The summed E-state index contributed by atoms with van der Waals surface area (Å²) in [5.41, 5.74) is 6.19. The zero-order valence-electron chi connectivity index (χ0n) is 12.0. The minimum Gasteiger partial charge on any atom is -0.497 e. The number of hydrogen-bond acceptors (Lipinski definition) is 4. The molecule has 1 aromatic rings. The Labute approximate surface area is 123 Å². The lowest BCUT2D eigenvalue weighted by Crippen LogP contribution is -2.32. The number of aliphatic hydroxyl groups is 1. The maximum atomic E-state index is 12.1. The lowest BCUT2D eigenvalue weighted by atomic mass is 10.0. The summed E-state index contributed by atoms with van der Waals surface area (Å²) >= 11 is 0. The number of primary amides is 1. The Morgan fingerprint density at radius 2 is 2.14 bits per heavy atom. The van der Waals surface area contributed by atoms with Crippen LogP contribution in [0, 0.1) is 5.92 Å². The van der Waals surface area contributed by atoms with Gasteiger partial charge in [-0.3, -0.25) is 9.59 Å². The van der Waals surface area contributed by atoms with Crippen molar-refractivity contribution in [3.8, 4) is 5.75 Å². The third-order valence-corrected chi connectivity index (χ3v) is 3.84. The van der Waals surface area contributed by atoms with Crippen LogP contribution in [-0.2, 0) is 9.59 Å². The molecule has 6 heteroatoms. The average Bonchev–Trinajstić information content (AvgIpc) is 2.87. The van der Waals surface area contributed by atoms with Gasteiger partial charge in [0.15, 0.2) is 0 Å². The molecule has 1 fully saturated rings. The van der Waals surface area contributed by atoms with E-state index in [4.69, 9.17) is 10.5 Å². The predicted octanol–water partition coefficient (Wildman–Crippen LogP) is 0.453. The van der Waals surface area contributed by atoms with Crippen molar-refractivity contribution in [1.82, 2.24) is 4.90 Å². The van der Waals surface area contributed by atoms with E-state index in [9.17, 15) is 14.7 Å². The molecule has 1 aromatic carbocycles. The number of carbonyl (C=O) groups is 2. The first kappa shape index (κ1) is 15.3. The van der Waals surface area contributed by atoms with Crippen molar-refractivity contribution in [3.63, 3.8) is 0 Å². The van der Waals surface area contributed by atoms with Crippen molar-refractivity contribution in [1.29, 1.82) is 0 Å². The fourth-order valence-corrected chi connectivity index (χ4v) is 2.67. The van der Waals surface area contributed by atoms with Gasteiger partial charge in [-0.05, 0) is 24.1 Å². The summed E-state index contributed by atoms with van der Waals surface area (Å²) in [6, 6.07) is 7.10. The van der Waals surface area contributed by atoms with Crippen molar-refractivity contribution in [2.24, 2.45) is 11.7 Å². The molecule has 2 amide bonds. The Morgan fingerprint density at radius 1 is 1.48 bits per heavy atom. The van der Waals surface area contributed by atoms with Gasteiger partial charge in [-0.15, -0.1) is 0 Å². The van der Waals surface area contributed by atoms with E-state index in [1.165, 1.54) is 0 Å². The van der Waals surface area contributed by atoms with E-state index in [-0.39, 0.29) is 25.0 Å². The van der Waals surface area contributed by atoms with Crippen molar-refractivity contribution >= 4 is 11.8 Å². The first-order valence-electron chi connectivity index (χ1n) is 6.90. The summed E-state index contributed by atoms with van der Waals surface area (Å²) in [5, 5.41) is 9.27. The smallest absolute Gasteiger partial charge is 0.223 e. The van der Waals surface area contributed by atoms with Gasteiger partial charge in [0.1, 0.15) is 5.75 Å². The zero-order valence-corrected chi connectivity index (χ0v) is 12.0. The maximum absolute atomic E-state index is 12.1. The molecule has 3 N–H and O–H groups in total. The number of rotatable bonds is 6. The quantitative estimate of drug-likeness (QED) is 0.796. The topological polar surface area (TPSA) is 92.9 Å². The van der Waals surface area contributed by atoms with Crippen molar-refractivity contribution < 1.29 is 19.4 Å². The molecule has 114 valence electrons. The minimum absolute atomic E-state index is 0.0400. The van der Waals surface area contributed by atoms with Crippen LogP contribution in [0.2, 0.25) is 0 Å². The average molecular weight is 292 g/mol. The molecule has 1 heterocycles. The summed E-state index contributed by atoms with van der Waals surface area (Å²) in [6.07, 6.45) is 0.566. The number of carbonyl (C=O) groups excluding carboxylic acids is 2. The fourth-order valence-electron chi connectivity index (χ4n) is 2.67. The van der Waals surface area contributed by atoms with Crippen LogP contribution in [0.15, 0.2) is 24.3 Å².